The van der Waals surface area contributed by atoms with Gasteiger partial charge in [0.15, 0.2) is 0 Å². The largest absolute Gasteiger partial charge is 1.00 e. The number of unbranched alkanes of at least 4 members (excludes halogenated alkanes) is 2. The molecule has 0 spiro atoms. The molecule has 0 bridgehead atoms. The van der Waals surface area contributed by atoms with Crippen molar-refractivity contribution in [2.24, 2.45) is 0 Å². The first-order valence-corrected chi connectivity index (χ1v) is 9.86. The minimum Gasteiger partial charge on any atom is -0.544 e. The fraction of sp³-hybridized carbons (Fsp3) is 0.500. The van der Waals surface area contributed by atoms with Gasteiger partial charge >= 0.3 is 29.6 Å². The van der Waals surface area contributed by atoms with Crippen LogP contribution in [0.1, 0.15) is 60.0 Å². The molecule has 1 aliphatic rings. The standard InChI is InChI=1S/C20H27NO3S.Na/c1-2-3-4-5-6-7-9-16-11-14-19(22)21(16)15-8-10-17-12-13-18(25-17)20(23)24;/h5-7,9,12-13,16H,2-4,8,10-11,14-15H2,1H3,(H,23,24);/q;+1/p-1/b6-5+,9-7-;/t16-;/m0./s1. The number of allylic oxidation sites excluding steroid dienone is 3. The van der Waals surface area contributed by atoms with E-state index in [-0.39, 0.29) is 46.4 Å². The predicted molar refractivity (Wildman–Crippen MR) is 99.5 cm³/mol. The Morgan fingerprint density at radius 1 is 1.35 bits per heavy atom. The Balaban J connectivity index is 0.00000338. The molecule has 4 nitrogen and oxygen atoms in total. The number of hydrogen-bond acceptors (Lipinski definition) is 4. The minimum absolute atomic E-state index is 0. The van der Waals surface area contributed by atoms with Gasteiger partial charge in [-0.15, -0.1) is 11.3 Å². The summed E-state index contributed by atoms with van der Waals surface area (Å²) in [5.41, 5.74) is 0. The van der Waals surface area contributed by atoms with E-state index >= 15 is 0 Å². The normalized spacial score (nSPS) is 17.3. The first-order valence-electron chi connectivity index (χ1n) is 9.04. The van der Waals surface area contributed by atoms with Gasteiger partial charge in [0, 0.05) is 17.8 Å². The molecule has 1 amide bonds. The molecular weight excluding hydrogens is 357 g/mol. The molecule has 0 radical (unpaired) electrons. The van der Waals surface area contributed by atoms with E-state index in [9.17, 15) is 14.7 Å². The van der Waals surface area contributed by atoms with Crippen LogP contribution in [-0.2, 0) is 11.2 Å². The van der Waals surface area contributed by atoms with E-state index in [1.54, 1.807) is 6.07 Å². The smallest absolute Gasteiger partial charge is 0.544 e. The monoisotopic (exact) mass is 383 g/mol. The van der Waals surface area contributed by atoms with Crippen molar-refractivity contribution in [3.63, 3.8) is 0 Å². The van der Waals surface area contributed by atoms with Gasteiger partial charge in [0.2, 0.25) is 5.91 Å². The second-order valence-corrected chi connectivity index (χ2v) is 7.47. The maximum absolute atomic E-state index is 12.1. The van der Waals surface area contributed by atoms with Crippen molar-refractivity contribution in [2.75, 3.05) is 6.54 Å². The van der Waals surface area contributed by atoms with Crippen molar-refractivity contribution in [3.05, 3.63) is 46.2 Å². The van der Waals surface area contributed by atoms with Crippen LogP contribution in [0.15, 0.2) is 36.4 Å². The molecule has 0 aliphatic carbocycles. The molecule has 0 N–H and O–H groups in total. The van der Waals surface area contributed by atoms with Crippen molar-refractivity contribution in [1.29, 1.82) is 0 Å². The molecule has 1 saturated heterocycles. The number of carbonyl (C=O) groups is 2. The minimum atomic E-state index is -1.12. The summed E-state index contributed by atoms with van der Waals surface area (Å²) in [6, 6.07) is 3.61. The van der Waals surface area contributed by atoms with Crippen molar-refractivity contribution in [2.45, 2.75) is 57.9 Å². The number of carboxylic acid groups (broad SMARTS) is 1. The summed E-state index contributed by atoms with van der Waals surface area (Å²) in [5, 5.41) is 10.8. The Labute approximate surface area is 182 Å². The maximum atomic E-state index is 12.1. The van der Waals surface area contributed by atoms with Gasteiger partial charge in [0.25, 0.3) is 0 Å². The SMILES string of the molecule is CCCC/C=C/C=C\[C@H]1CCC(=O)N1CCCc1ccc(C(=O)[O-])s1.[Na+]. The molecular formula is C20H26NNaO3S. The van der Waals surface area contributed by atoms with Crippen LogP contribution in [0.2, 0.25) is 0 Å². The van der Waals surface area contributed by atoms with Gasteiger partial charge in [-0.2, -0.15) is 0 Å². The number of amides is 1. The summed E-state index contributed by atoms with van der Waals surface area (Å²) in [6.07, 6.45) is 15.1. The summed E-state index contributed by atoms with van der Waals surface area (Å²) < 4.78 is 0. The number of likely N-dealkylation sites (tertiary alicyclic amines) is 1. The first-order chi connectivity index (χ1) is 12.1. The van der Waals surface area contributed by atoms with E-state index in [1.807, 2.05) is 11.0 Å². The molecule has 0 saturated carbocycles. The van der Waals surface area contributed by atoms with Crippen molar-refractivity contribution >= 4 is 23.2 Å². The van der Waals surface area contributed by atoms with Gasteiger partial charge in [-0.25, -0.2) is 0 Å². The average molecular weight is 383 g/mol. The van der Waals surface area contributed by atoms with Crippen LogP contribution in [0.3, 0.4) is 0 Å². The van der Waals surface area contributed by atoms with Crippen LogP contribution in [0.25, 0.3) is 0 Å². The van der Waals surface area contributed by atoms with Crippen molar-refractivity contribution in [1.82, 2.24) is 4.90 Å². The van der Waals surface area contributed by atoms with Gasteiger partial charge in [0.05, 0.1) is 16.9 Å². The van der Waals surface area contributed by atoms with Crippen LogP contribution >= 0.6 is 11.3 Å². The van der Waals surface area contributed by atoms with Gasteiger partial charge in [0.1, 0.15) is 0 Å². The summed E-state index contributed by atoms with van der Waals surface area (Å²) in [4.78, 5) is 26.1. The van der Waals surface area contributed by atoms with E-state index < -0.39 is 5.97 Å². The molecule has 6 heteroatoms. The third-order valence-electron chi connectivity index (χ3n) is 4.36. The predicted octanol–water partition coefficient (Wildman–Crippen LogP) is 0.342. The van der Waals surface area contributed by atoms with Gasteiger partial charge in [-0.3, -0.25) is 4.79 Å². The summed E-state index contributed by atoms with van der Waals surface area (Å²) in [7, 11) is 0. The molecule has 0 unspecified atom stereocenters. The molecule has 136 valence electrons. The number of nitrogens with zero attached hydrogens (tertiary/aromatic N) is 1. The second kappa shape index (κ2) is 12.5. The third-order valence-corrected chi connectivity index (χ3v) is 5.49. The quantitative estimate of drug-likeness (QED) is 0.333. The Kier molecular flexibility index (Phi) is 11.1. The van der Waals surface area contributed by atoms with Crippen LogP contribution < -0.4 is 34.7 Å². The number of hydrogen-bond donors (Lipinski definition) is 0. The number of thiophene rings is 1. The molecule has 1 aromatic heterocycles. The van der Waals surface area contributed by atoms with Gasteiger partial charge in [-0.1, -0.05) is 44.1 Å². The van der Waals surface area contributed by atoms with E-state index in [2.05, 4.69) is 31.2 Å². The fourth-order valence-corrected chi connectivity index (χ4v) is 3.87. The molecule has 1 atom stereocenters. The topological polar surface area (TPSA) is 60.4 Å². The van der Waals surface area contributed by atoms with E-state index in [0.29, 0.717) is 13.0 Å². The Morgan fingerprint density at radius 2 is 2.15 bits per heavy atom. The molecule has 2 heterocycles. The maximum Gasteiger partial charge on any atom is 1.00 e. The average Bonchev–Trinajstić information content (AvgIpc) is 3.19. The molecule has 1 fully saturated rings. The summed E-state index contributed by atoms with van der Waals surface area (Å²) in [5.74, 6) is -0.908. The molecule has 1 aliphatic heterocycles. The van der Waals surface area contributed by atoms with Crippen LogP contribution in [0, 0.1) is 0 Å². The number of carboxylic acids is 1. The Bertz CT molecular complexity index is 639. The Hall–Kier alpha value is -0.880. The van der Waals surface area contributed by atoms with Gasteiger partial charge in [-0.05, 0) is 37.8 Å². The van der Waals surface area contributed by atoms with E-state index in [4.69, 9.17) is 0 Å². The van der Waals surface area contributed by atoms with Crippen LogP contribution in [-0.4, -0.2) is 29.4 Å². The number of aryl methyl sites for hydroxylation is 1. The van der Waals surface area contributed by atoms with Gasteiger partial charge < -0.3 is 14.8 Å². The molecule has 1 aromatic rings. The Morgan fingerprint density at radius 3 is 2.85 bits per heavy atom. The number of aromatic carboxylic acids is 1. The van der Waals surface area contributed by atoms with Crippen molar-refractivity contribution < 1.29 is 44.3 Å². The zero-order chi connectivity index (χ0) is 18.1. The third kappa shape index (κ3) is 7.39. The van der Waals surface area contributed by atoms with Crippen molar-refractivity contribution in [3.8, 4) is 0 Å². The van der Waals surface area contributed by atoms with E-state index in [1.165, 1.54) is 24.2 Å². The zero-order valence-electron chi connectivity index (χ0n) is 15.8. The summed E-state index contributed by atoms with van der Waals surface area (Å²) >= 11 is 1.26. The summed E-state index contributed by atoms with van der Waals surface area (Å²) in [6.45, 7) is 2.90. The zero-order valence-corrected chi connectivity index (χ0v) is 18.6. The fourth-order valence-electron chi connectivity index (χ4n) is 2.98. The first kappa shape index (κ1) is 23.2. The number of carbonyl (C=O) groups excluding carboxylic acids is 2. The second-order valence-electron chi connectivity index (χ2n) is 6.31. The number of rotatable bonds is 10. The molecule has 2 rings (SSSR count). The van der Waals surface area contributed by atoms with Crippen LogP contribution in [0.5, 0.6) is 0 Å². The van der Waals surface area contributed by atoms with Crippen LogP contribution in [0.4, 0.5) is 0 Å². The molecule has 0 aromatic carbocycles. The molecule has 26 heavy (non-hydrogen) atoms. The van der Waals surface area contributed by atoms with E-state index in [0.717, 1.165) is 30.6 Å².